The van der Waals surface area contributed by atoms with Crippen LogP contribution < -0.4 is 9.46 Å². The first-order valence-electron chi connectivity index (χ1n) is 8.67. The van der Waals surface area contributed by atoms with Crippen LogP contribution in [0.1, 0.15) is 22.6 Å². The average molecular weight is 535 g/mol. The van der Waals surface area contributed by atoms with Crippen LogP contribution in [0.4, 0.5) is 23.2 Å². The summed E-state index contributed by atoms with van der Waals surface area (Å²) in [5.41, 5.74) is 0.387. The van der Waals surface area contributed by atoms with E-state index in [-0.39, 0.29) is 43.2 Å². The zero-order valence-corrected chi connectivity index (χ0v) is 18.0. The summed E-state index contributed by atoms with van der Waals surface area (Å²) in [7, 11) is 0. The molecule has 1 aliphatic heterocycles. The second kappa shape index (κ2) is 8.86. The standard InChI is InChI=1S/C18H11BrF4N4O4S/c19-10-1-7-3-13(14(10)28)32-26-11-2-8(4-24-15(11)31-18(22)23)9-5-27(17(20)21)25-12(9)6-30-16(7)29/h1-5,17-18,26,28H,6H2. The van der Waals surface area contributed by atoms with Gasteiger partial charge in [0.15, 0.2) is 0 Å². The molecule has 3 aromatic rings. The highest BCUT2D eigenvalue weighted by Crippen LogP contribution is 2.40. The van der Waals surface area contributed by atoms with Crippen molar-refractivity contribution in [3.05, 3.63) is 46.3 Å². The molecule has 0 unspecified atom stereocenters. The number of hydrogen-bond donors (Lipinski definition) is 2. The summed E-state index contributed by atoms with van der Waals surface area (Å²) in [5, 5.41) is 14.0. The zero-order chi connectivity index (χ0) is 23.0. The SMILES string of the molecule is O=C1OCc2nn(C(F)F)cc2-c2cnc(OC(F)F)c(c2)NSc2cc1cc(Br)c2O. The van der Waals surface area contributed by atoms with E-state index in [9.17, 15) is 27.5 Å². The van der Waals surface area contributed by atoms with E-state index < -0.39 is 31.6 Å². The van der Waals surface area contributed by atoms with Crippen LogP contribution in [0.2, 0.25) is 0 Å². The largest absolute Gasteiger partial charge is 0.506 e. The van der Waals surface area contributed by atoms with E-state index in [4.69, 9.17) is 4.74 Å². The molecule has 1 aromatic carbocycles. The molecule has 0 spiro atoms. The molecule has 4 rings (SSSR count). The van der Waals surface area contributed by atoms with Gasteiger partial charge < -0.3 is 19.3 Å². The first-order chi connectivity index (χ1) is 15.2. The molecule has 1 aliphatic rings. The van der Waals surface area contributed by atoms with Gasteiger partial charge in [0.1, 0.15) is 23.7 Å². The van der Waals surface area contributed by atoms with Crippen molar-refractivity contribution < 1.29 is 36.9 Å². The molecule has 2 aromatic heterocycles. The van der Waals surface area contributed by atoms with Gasteiger partial charge in [-0.3, -0.25) is 0 Å². The Hall–Kier alpha value is -3.00. The van der Waals surface area contributed by atoms with Crippen LogP contribution in [0.15, 0.2) is 40.0 Å². The number of ether oxygens (including phenoxy) is 2. The fourth-order valence-corrected chi connectivity index (χ4v) is 4.17. The molecule has 4 bridgehead atoms. The van der Waals surface area contributed by atoms with Gasteiger partial charge in [0.25, 0.3) is 0 Å². The highest BCUT2D eigenvalue weighted by atomic mass is 79.9. The molecule has 0 atom stereocenters. The van der Waals surface area contributed by atoms with Crippen molar-refractivity contribution in [1.82, 2.24) is 14.8 Å². The molecule has 8 nitrogen and oxygen atoms in total. The number of esters is 1. The van der Waals surface area contributed by atoms with Gasteiger partial charge in [-0.1, -0.05) is 0 Å². The third kappa shape index (κ3) is 4.46. The van der Waals surface area contributed by atoms with Gasteiger partial charge in [0, 0.05) is 23.5 Å². The van der Waals surface area contributed by atoms with Crippen molar-refractivity contribution in [3.63, 3.8) is 0 Å². The summed E-state index contributed by atoms with van der Waals surface area (Å²) < 4.78 is 65.0. The number of benzene rings is 1. The summed E-state index contributed by atoms with van der Waals surface area (Å²) in [4.78, 5) is 16.5. The van der Waals surface area contributed by atoms with Crippen LogP contribution in [-0.2, 0) is 11.3 Å². The number of nitrogens with zero attached hydrogens (tertiary/aromatic N) is 3. The Balaban J connectivity index is 1.87. The zero-order valence-electron chi connectivity index (χ0n) is 15.6. The second-order valence-electron chi connectivity index (χ2n) is 6.29. The molecule has 168 valence electrons. The van der Waals surface area contributed by atoms with E-state index in [1.165, 1.54) is 18.2 Å². The maximum Gasteiger partial charge on any atom is 0.388 e. The van der Waals surface area contributed by atoms with E-state index in [1.54, 1.807) is 0 Å². The number of carbonyl (C=O) groups excluding carboxylic acids is 1. The number of halogens is 5. The fourth-order valence-electron chi connectivity index (χ4n) is 2.82. The predicted molar refractivity (Wildman–Crippen MR) is 108 cm³/mol. The molecular weight excluding hydrogens is 524 g/mol. The number of rotatable bonds is 3. The third-order valence-electron chi connectivity index (χ3n) is 4.25. The lowest BCUT2D eigenvalue weighted by atomic mass is 10.1. The van der Waals surface area contributed by atoms with Gasteiger partial charge in [-0.25, -0.2) is 14.5 Å². The van der Waals surface area contributed by atoms with Gasteiger partial charge in [-0.15, -0.1) is 0 Å². The molecule has 3 heterocycles. The number of aromatic hydroxyl groups is 1. The lowest BCUT2D eigenvalue weighted by molar-refractivity contribution is -0.0522. The number of phenols is 1. The summed E-state index contributed by atoms with van der Waals surface area (Å²) in [6, 6.07) is 3.96. The van der Waals surface area contributed by atoms with Crippen molar-refractivity contribution in [2.24, 2.45) is 0 Å². The minimum Gasteiger partial charge on any atom is -0.506 e. The number of cyclic esters (lactones) is 1. The van der Waals surface area contributed by atoms with E-state index in [1.807, 2.05) is 0 Å². The maximum absolute atomic E-state index is 13.2. The molecule has 0 saturated heterocycles. The monoisotopic (exact) mass is 534 g/mol. The van der Waals surface area contributed by atoms with Gasteiger partial charge in [-0.05, 0) is 46.1 Å². The van der Waals surface area contributed by atoms with Crippen LogP contribution in [0.5, 0.6) is 11.6 Å². The van der Waals surface area contributed by atoms with Gasteiger partial charge in [0.05, 0.1) is 14.9 Å². The van der Waals surface area contributed by atoms with Crippen molar-refractivity contribution in [2.45, 2.75) is 24.7 Å². The van der Waals surface area contributed by atoms with E-state index in [2.05, 4.69) is 35.5 Å². The number of pyridine rings is 1. The third-order valence-corrected chi connectivity index (χ3v) is 5.70. The average Bonchev–Trinajstić information content (AvgIpc) is 3.17. The predicted octanol–water partition coefficient (Wildman–Crippen LogP) is 5.20. The minimum absolute atomic E-state index is 0.00102. The Morgan fingerprint density at radius 2 is 2.03 bits per heavy atom. The van der Waals surface area contributed by atoms with Crippen molar-refractivity contribution in [3.8, 4) is 22.8 Å². The van der Waals surface area contributed by atoms with E-state index in [0.29, 0.717) is 4.68 Å². The van der Waals surface area contributed by atoms with Gasteiger partial charge >= 0.3 is 19.1 Å². The highest BCUT2D eigenvalue weighted by Gasteiger charge is 2.22. The van der Waals surface area contributed by atoms with Crippen molar-refractivity contribution in [1.29, 1.82) is 0 Å². The fraction of sp³-hybridized carbons (Fsp3) is 0.167. The number of carbonyl (C=O) groups is 1. The highest BCUT2D eigenvalue weighted by molar-refractivity contribution is 9.10. The number of fused-ring (bicyclic) bond motifs is 6. The first kappa shape index (κ1) is 22.2. The van der Waals surface area contributed by atoms with Crippen molar-refractivity contribution >= 4 is 39.5 Å². The smallest absolute Gasteiger partial charge is 0.388 e. The molecule has 0 fully saturated rings. The summed E-state index contributed by atoms with van der Waals surface area (Å²) in [6.45, 7) is -6.59. The summed E-state index contributed by atoms with van der Waals surface area (Å²) in [5.74, 6) is -1.47. The number of alkyl halides is 4. The number of hydrogen-bond acceptors (Lipinski definition) is 8. The Morgan fingerprint density at radius 1 is 1.25 bits per heavy atom. The molecule has 0 saturated carbocycles. The molecule has 2 N–H and O–H groups in total. The van der Waals surface area contributed by atoms with Crippen LogP contribution in [0, 0.1) is 0 Å². The van der Waals surface area contributed by atoms with E-state index >= 15 is 0 Å². The van der Waals surface area contributed by atoms with Crippen LogP contribution in [0.25, 0.3) is 11.1 Å². The number of nitrogens with one attached hydrogen (secondary N) is 1. The second-order valence-corrected chi connectivity index (χ2v) is 7.99. The summed E-state index contributed by atoms with van der Waals surface area (Å²) >= 11 is 3.91. The Bertz CT molecular complexity index is 1190. The van der Waals surface area contributed by atoms with E-state index in [0.717, 1.165) is 24.3 Å². The number of anilines is 1. The summed E-state index contributed by atoms with van der Waals surface area (Å²) in [6.07, 6.45) is 2.16. The molecule has 14 heteroatoms. The van der Waals surface area contributed by atoms with Crippen molar-refractivity contribution in [2.75, 3.05) is 4.72 Å². The number of aromatic nitrogens is 3. The molecule has 0 radical (unpaired) electrons. The van der Waals surface area contributed by atoms with Crippen LogP contribution >= 0.6 is 27.9 Å². The molecular formula is C18H11BrF4N4O4S. The molecule has 0 aliphatic carbocycles. The maximum atomic E-state index is 13.2. The lowest BCUT2D eigenvalue weighted by Crippen LogP contribution is -2.07. The number of phenolic OH excluding ortho intramolecular Hbond substituents is 1. The Kier molecular flexibility index (Phi) is 6.15. The normalized spacial score (nSPS) is 13.5. The molecule has 0 amide bonds. The first-order valence-corrected chi connectivity index (χ1v) is 10.3. The van der Waals surface area contributed by atoms with Gasteiger partial charge in [-0.2, -0.15) is 22.7 Å². The van der Waals surface area contributed by atoms with Gasteiger partial charge in [0.2, 0.25) is 5.88 Å². The van der Waals surface area contributed by atoms with Crippen LogP contribution in [0.3, 0.4) is 0 Å². The topological polar surface area (TPSA) is 98.5 Å². The lowest BCUT2D eigenvalue weighted by Gasteiger charge is -2.13. The minimum atomic E-state index is -3.17. The van der Waals surface area contributed by atoms with Crippen LogP contribution in [-0.4, -0.2) is 32.5 Å². The Morgan fingerprint density at radius 3 is 2.75 bits per heavy atom. The molecule has 32 heavy (non-hydrogen) atoms. The quantitative estimate of drug-likeness (QED) is 0.269. The Labute approximate surface area is 189 Å².